The fraction of sp³-hybridized carbons (Fsp3) is 0.522. The fourth-order valence-corrected chi connectivity index (χ4v) is 4.32. The minimum atomic E-state index is 0.119. The van der Waals surface area contributed by atoms with Crippen molar-refractivity contribution in [2.24, 2.45) is 5.92 Å². The van der Waals surface area contributed by atoms with E-state index >= 15 is 0 Å². The van der Waals surface area contributed by atoms with E-state index in [9.17, 15) is 4.79 Å². The Kier molecular flexibility index (Phi) is 6.72. The quantitative estimate of drug-likeness (QED) is 0.733. The number of amides is 1. The van der Waals surface area contributed by atoms with Gasteiger partial charge in [-0.3, -0.25) is 4.79 Å². The Bertz CT molecular complexity index is 783. The second-order valence-electron chi connectivity index (χ2n) is 8.08. The smallest absolute Gasteiger partial charge is 0.223 e. The lowest BCUT2D eigenvalue weighted by molar-refractivity contribution is -0.125. The molecule has 1 aromatic carbocycles. The molecule has 3 heterocycles. The van der Waals surface area contributed by atoms with Crippen molar-refractivity contribution in [3.05, 3.63) is 42.7 Å². The van der Waals surface area contributed by atoms with Gasteiger partial charge < -0.3 is 15.1 Å². The van der Waals surface area contributed by atoms with Crippen LogP contribution in [0.5, 0.6) is 0 Å². The van der Waals surface area contributed by atoms with Crippen LogP contribution in [0, 0.1) is 5.92 Å². The molecule has 2 aromatic rings. The van der Waals surface area contributed by atoms with E-state index in [1.54, 1.807) is 6.33 Å². The fourth-order valence-electron chi connectivity index (χ4n) is 4.32. The molecule has 0 radical (unpaired) electrons. The van der Waals surface area contributed by atoms with Gasteiger partial charge in [0.05, 0.1) is 5.69 Å². The zero-order valence-corrected chi connectivity index (χ0v) is 17.1. The van der Waals surface area contributed by atoms with Gasteiger partial charge in [-0.05, 0) is 51.7 Å². The van der Waals surface area contributed by atoms with Crippen LogP contribution in [0.15, 0.2) is 42.7 Å². The number of anilines is 1. The van der Waals surface area contributed by atoms with Gasteiger partial charge >= 0.3 is 0 Å². The summed E-state index contributed by atoms with van der Waals surface area (Å²) in [5.41, 5.74) is 2.04. The second-order valence-corrected chi connectivity index (χ2v) is 8.08. The molecule has 0 unspecified atom stereocenters. The van der Waals surface area contributed by atoms with E-state index in [4.69, 9.17) is 0 Å². The third kappa shape index (κ3) is 5.32. The average Bonchev–Trinajstić information content (AvgIpc) is 3.31. The van der Waals surface area contributed by atoms with Crippen molar-refractivity contribution in [1.29, 1.82) is 0 Å². The molecule has 154 valence electrons. The van der Waals surface area contributed by atoms with Gasteiger partial charge in [0.15, 0.2) is 0 Å². The van der Waals surface area contributed by atoms with Crippen molar-refractivity contribution >= 4 is 11.7 Å². The van der Waals surface area contributed by atoms with Crippen LogP contribution in [0.4, 0.5) is 5.82 Å². The zero-order valence-electron chi connectivity index (χ0n) is 17.1. The Labute approximate surface area is 173 Å². The van der Waals surface area contributed by atoms with Gasteiger partial charge in [-0.25, -0.2) is 9.97 Å². The second kappa shape index (κ2) is 9.83. The number of likely N-dealkylation sites (tertiary alicyclic amines) is 1. The number of rotatable bonds is 7. The maximum atomic E-state index is 12.5. The predicted molar refractivity (Wildman–Crippen MR) is 116 cm³/mol. The summed E-state index contributed by atoms with van der Waals surface area (Å²) >= 11 is 0. The first-order valence-electron chi connectivity index (χ1n) is 10.9. The Morgan fingerprint density at radius 2 is 1.79 bits per heavy atom. The van der Waals surface area contributed by atoms with Crippen LogP contribution in [0.25, 0.3) is 11.3 Å². The van der Waals surface area contributed by atoms with Crippen molar-refractivity contribution in [3.63, 3.8) is 0 Å². The molecule has 6 nitrogen and oxygen atoms in total. The molecule has 29 heavy (non-hydrogen) atoms. The maximum Gasteiger partial charge on any atom is 0.223 e. The molecular formula is C23H31N5O. The summed E-state index contributed by atoms with van der Waals surface area (Å²) in [5, 5.41) is 3.15. The molecule has 1 N–H and O–H groups in total. The molecule has 0 spiro atoms. The van der Waals surface area contributed by atoms with Crippen LogP contribution in [0.1, 0.15) is 32.1 Å². The number of hydrogen-bond donors (Lipinski definition) is 1. The maximum absolute atomic E-state index is 12.5. The molecule has 1 aromatic heterocycles. The summed E-state index contributed by atoms with van der Waals surface area (Å²) in [5.74, 6) is 1.29. The third-order valence-corrected chi connectivity index (χ3v) is 6.06. The van der Waals surface area contributed by atoms with Crippen molar-refractivity contribution in [3.8, 4) is 11.3 Å². The monoisotopic (exact) mass is 393 g/mol. The number of carbonyl (C=O) groups excluding carboxylic acids is 1. The Balaban J connectivity index is 1.23. The largest absolute Gasteiger partial charge is 0.356 e. The highest BCUT2D eigenvalue weighted by Crippen LogP contribution is 2.25. The number of nitrogens with zero attached hydrogens (tertiary/aromatic N) is 4. The van der Waals surface area contributed by atoms with Crippen LogP contribution in [-0.4, -0.2) is 60.0 Å². The SMILES string of the molecule is O=C(NCCCN1CCCC1)C1CCN(c2cc(-c3ccccc3)ncn2)CC1. The van der Waals surface area contributed by atoms with Crippen LogP contribution < -0.4 is 10.2 Å². The standard InChI is InChI=1S/C23H31N5O/c29-23(24-11-6-14-27-12-4-5-13-27)20-9-15-28(16-10-20)22-17-21(25-18-26-22)19-7-2-1-3-8-19/h1-3,7-8,17-18,20H,4-6,9-16H2,(H,24,29). The summed E-state index contributed by atoms with van der Waals surface area (Å²) in [6.07, 6.45) is 7.09. The van der Waals surface area contributed by atoms with Gasteiger partial charge in [0.25, 0.3) is 0 Å². The van der Waals surface area contributed by atoms with E-state index in [0.717, 1.165) is 62.5 Å². The molecule has 2 aliphatic heterocycles. The molecule has 0 bridgehead atoms. The average molecular weight is 394 g/mol. The third-order valence-electron chi connectivity index (χ3n) is 6.06. The Morgan fingerprint density at radius 1 is 1.03 bits per heavy atom. The lowest BCUT2D eigenvalue weighted by Crippen LogP contribution is -2.41. The number of nitrogens with one attached hydrogen (secondary N) is 1. The molecule has 0 aliphatic carbocycles. The molecule has 2 aliphatic rings. The summed E-state index contributed by atoms with van der Waals surface area (Å²) in [6.45, 7) is 6.06. The van der Waals surface area contributed by atoms with Gasteiger partial charge in [-0.2, -0.15) is 0 Å². The highest BCUT2D eigenvalue weighted by molar-refractivity contribution is 5.79. The molecule has 2 saturated heterocycles. The number of aromatic nitrogens is 2. The lowest BCUT2D eigenvalue weighted by atomic mass is 9.96. The number of hydrogen-bond acceptors (Lipinski definition) is 5. The van der Waals surface area contributed by atoms with E-state index in [2.05, 4.69) is 37.2 Å². The van der Waals surface area contributed by atoms with Gasteiger partial charge in [0.1, 0.15) is 12.1 Å². The van der Waals surface area contributed by atoms with Crippen LogP contribution in [0.2, 0.25) is 0 Å². The summed E-state index contributed by atoms with van der Waals surface area (Å²) in [7, 11) is 0. The van der Waals surface area contributed by atoms with E-state index in [1.165, 1.54) is 25.9 Å². The van der Waals surface area contributed by atoms with E-state index in [1.807, 2.05) is 24.3 Å². The Hall–Kier alpha value is -2.47. The normalized spacial score (nSPS) is 18.1. The summed E-state index contributed by atoms with van der Waals surface area (Å²) in [6, 6.07) is 12.2. The molecule has 4 rings (SSSR count). The summed E-state index contributed by atoms with van der Waals surface area (Å²) < 4.78 is 0. The Morgan fingerprint density at radius 3 is 2.55 bits per heavy atom. The molecule has 0 atom stereocenters. The van der Waals surface area contributed by atoms with Crippen LogP contribution >= 0.6 is 0 Å². The van der Waals surface area contributed by atoms with Gasteiger partial charge in [-0.1, -0.05) is 30.3 Å². The number of piperidine rings is 1. The highest BCUT2D eigenvalue weighted by Gasteiger charge is 2.25. The molecule has 0 saturated carbocycles. The molecule has 1 amide bonds. The molecular weight excluding hydrogens is 362 g/mol. The van der Waals surface area contributed by atoms with Gasteiger partial charge in [-0.15, -0.1) is 0 Å². The molecule has 2 fully saturated rings. The number of carbonyl (C=O) groups is 1. The molecule has 6 heteroatoms. The first-order valence-corrected chi connectivity index (χ1v) is 10.9. The van der Waals surface area contributed by atoms with E-state index in [-0.39, 0.29) is 11.8 Å². The first kappa shape index (κ1) is 19.8. The van der Waals surface area contributed by atoms with Crippen LogP contribution in [0.3, 0.4) is 0 Å². The van der Waals surface area contributed by atoms with Crippen molar-refractivity contribution in [2.75, 3.05) is 44.2 Å². The first-order chi connectivity index (χ1) is 14.3. The topological polar surface area (TPSA) is 61.4 Å². The van der Waals surface area contributed by atoms with Crippen molar-refractivity contribution in [1.82, 2.24) is 20.2 Å². The van der Waals surface area contributed by atoms with Crippen LogP contribution in [-0.2, 0) is 4.79 Å². The van der Waals surface area contributed by atoms with Gasteiger partial charge in [0.2, 0.25) is 5.91 Å². The van der Waals surface area contributed by atoms with Gasteiger partial charge in [0, 0.05) is 37.2 Å². The minimum Gasteiger partial charge on any atom is -0.356 e. The minimum absolute atomic E-state index is 0.119. The lowest BCUT2D eigenvalue weighted by Gasteiger charge is -2.32. The number of benzene rings is 1. The predicted octanol–water partition coefficient (Wildman–Crippen LogP) is 2.96. The van der Waals surface area contributed by atoms with Crippen molar-refractivity contribution < 1.29 is 4.79 Å². The summed E-state index contributed by atoms with van der Waals surface area (Å²) in [4.78, 5) is 26.2. The zero-order chi connectivity index (χ0) is 19.9. The van der Waals surface area contributed by atoms with E-state index in [0.29, 0.717) is 0 Å². The van der Waals surface area contributed by atoms with Crippen molar-refractivity contribution in [2.45, 2.75) is 32.1 Å². The highest BCUT2D eigenvalue weighted by atomic mass is 16.1. The van der Waals surface area contributed by atoms with E-state index < -0.39 is 0 Å².